The van der Waals surface area contributed by atoms with Crippen molar-refractivity contribution in [1.82, 2.24) is 5.43 Å². The SMILES string of the molecule is O=C(N/N=C\c1ccccc1OCc1ccccc1)[C@H](O)c1ccccc1. The number of carbonyl (C=O) groups excluding carboxylic acids is 1. The van der Waals surface area contributed by atoms with Crippen LogP contribution in [-0.2, 0) is 11.4 Å². The van der Waals surface area contributed by atoms with Gasteiger partial charge in [-0.2, -0.15) is 5.10 Å². The van der Waals surface area contributed by atoms with Crippen LogP contribution in [0.1, 0.15) is 22.8 Å². The molecule has 0 heterocycles. The molecule has 5 nitrogen and oxygen atoms in total. The van der Waals surface area contributed by atoms with Crippen LogP contribution >= 0.6 is 0 Å². The fourth-order valence-electron chi connectivity index (χ4n) is 2.47. The van der Waals surface area contributed by atoms with Gasteiger partial charge in [-0.25, -0.2) is 5.43 Å². The monoisotopic (exact) mass is 360 g/mol. The van der Waals surface area contributed by atoms with Crippen LogP contribution in [0.5, 0.6) is 5.75 Å². The van der Waals surface area contributed by atoms with Gasteiger partial charge in [0.1, 0.15) is 12.4 Å². The molecule has 0 aromatic heterocycles. The Morgan fingerprint density at radius 1 is 0.963 bits per heavy atom. The van der Waals surface area contributed by atoms with E-state index in [0.29, 0.717) is 17.9 Å². The molecular formula is C22H20N2O3. The predicted octanol–water partition coefficient (Wildman–Crippen LogP) is 3.45. The van der Waals surface area contributed by atoms with Gasteiger partial charge >= 0.3 is 0 Å². The average molecular weight is 360 g/mol. The lowest BCUT2D eigenvalue weighted by Crippen LogP contribution is -2.25. The predicted molar refractivity (Wildman–Crippen MR) is 104 cm³/mol. The van der Waals surface area contributed by atoms with Gasteiger partial charge in [-0.1, -0.05) is 72.8 Å². The summed E-state index contributed by atoms with van der Waals surface area (Å²) in [4.78, 5) is 12.0. The van der Waals surface area contributed by atoms with Crippen LogP contribution in [-0.4, -0.2) is 17.2 Å². The number of hydrazone groups is 1. The van der Waals surface area contributed by atoms with Crippen LogP contribution in [0.15, 0.2) is 90.0 Å². The molecule has 1 atom stereocenters. The third kappa shape index (κ3) is 5.26. The fraction of sp³-hybridized carbons (Fsp3) is 0.0909. The molecule has 0 fully saturated rings. The zero-order valence-electron chi connectivity index (χ0n) is 14.7. The third-order valence-corrected chi connectivity index (χ3v) is 3.90. The highest BCUT2D eigenvalue weighted by atomic mass is 16.5. The Balaban J connectivity index is 1.61. The number of hydrogen-bond acceptors (Lipinski definition) is 4. The second kappa shape index (κ2) is 9.31. The fourth-order valence-corrected chi connectivity index (χ4v) is 2.47. The lowest BCUT2D eigenvalue weighted by atomic mass is 10.1. The van der Waals surface area contributed by atoms with Crippen LogP contribution in [0, 0.1) is 0 Å². The lowest BCUT2D eigenvalue weighted by molar-refractivity contribution is -0.129. The van der Waals surface area contributed by atoms with Crippen LogP contribution in [0.4, 0.5) is 0 Å². The first-order valence-corrected chi connectivity index (χ1v) is 8.56. The molecule has 3 aromatic carbocycles. The van der Waals surface area contributed by atoms with Gasteiger partial charge in [-0.05, 0) is 23.3 Å². The van der Waals surface area contributed by atoms with Crippen molar-refractivity contribution in [2.75, 3.05) is 0 Å². The number of rotatable bonds is 7. The first kappa shape index (κ1) is 18.4. The summed E-state index contributed by atoms with van der Waals surface area (Å²) in [5.41, 5.74) is 4.65. The number of aliphatic hydroxyl groups excluding tert-OH is 1. The van der Waals surface area contributed by atoms with E-state index in [0.717, 1.165) is 11.1 Å². The molecule has 3 rings (SSSR count). The molecule has 0 bridgehead atoms. The van der Waals surface area contributed by atoms with Crippen LogP contribution < -0.4 is 10.2 Å². The molecule has 3 aromatic rings. The van der Waals surface area contributed by atoms with Crippen LogP contribution in [0.2, 0.25) is 0 Å². The number of nitrogens with one attached hydrogen (secondary N) is 1. The number of hydrogen-bond donors (Lipinski definition) is 2. The molecule has 0 aliphatic heterocycles. The summed E-state index contributed by atoms with van der Waals surface area (Å²) in [5.74, 6) is 0.0584. The number of ether oxygens (including phenoxy) is 1. The van der Waals surface area contributed by atoms with Gasteiger partial charge in [0.2, 0.25) is 0 Å². The minimum Gasteiger partial charge on any atom is -0.488 e. The van der Waals surface area contributed by atoms with E-state index in [-0.39, 0.29) is 0 Å². The number of nitrogens with zero attached hydrogens (tertiary/aromatic N) is 1. The van der Waals surface area contributed by atoms with Crippen molar-refractivity contribution in [2.24, 2.45) is 5.10 Å². The third-order valence-electron chi connectivity index (χ3n) is 3.90. The van der Waals surface area contributed by atoms with Gasteiger partial charge in [0, 0.05) is 5.56 Å². The van der Waals surface area contributed by atoms with Gasteiger partial charge < -0.3 is 9.84 Å². The number of benzene rings is 3. The minimum absolute atomic E-state index is 0.435. The average Bonchev–Trinajstić information content (AvgIpc) is 2.74. The number of aliphatic hydroxyl groups is 1. The van der Waals surface area contributed by atoms with E-state index in [9.17, 15) is 9.90 Å². The second-order valence-electron chi connectivity index (χ2n) is 5.86. The largest absolute Gasteiger partial charge is 0.488 e. The summed E-state index contributed by atoms with van der Waals surface area (Å²) >= 11 is 0. The molecule has 0 aliphatic rings. The van der Waals surface area contributed by atoms with Gasteiger partial charge in [0.05, 0.1) is 6.21 Å². The standard InChI is InChI=1S/C22H20N2O3/c25-21(18-11-5-2-6-12-18)22(26)24-23-15-19-13-7-8-14-20(19)27-16-17-9-3-1-4-10-17/h1-15,21,25H,16H2,(H,24,26)/b23-15-/t21-/m1/s1. The van der Waals surface area contributed by atoms with Gasteiger partial charge in [0.25, 0.3) is 5.91 Å². The zero-order chi connectivity index (χ0) is 18.9. The van der Waals surface area contributed by atoms with E-state index in [1.165, 1.54) is 6.21 Å². The molecule has 2 N–H and O–H groups in total. The Kier molecular flexibility index (Phi) is 6.33. The summed E-state index contributed by atoms with van der Waals surface area (Å²) in [6, 6.07) is 26.0. The molecule has 1 amide bonds. The highest BCUT2D eigenvalue weighted by molar-refractivity contribution is 5.86. The molecule has 136 valence electrons. The van der Waals surface area contributed by atoms with Crippen molar-refractivity contribution in [1.29, 1.82) is 0 Å². The van der Waals surface area contributed by atoms with Crippen LogP contribution in [0.25, 0.3) is 0 Å². The molecule has 5 heteroatoms. The Morgan fingerprint density at radius 3 is 2.33 bits per heavy atom. The molecule has 0 saturated heterocycles. The number of amides is 1. The molecule has 0 spiro atoms. The first-order valence-electron chi connectivity index (χ1n) is 8.56. The van der Waals surface area contributed by atoms with E-state index in [1.807, 2.05) is 60.7 Å². The van der Waals surface area contributed by atoms with E-state index in [1.54, 1.807) is 24.3 Å². The quantitative estimate of drug-likeness (QED) is 0.501. The van der Waals surface area contributed by atoms with Gasteiger partial charge in [-0.3, -0.25) is 4.79 Å². The number of carbonyl (C=O) groups is 1. The Bertz CT molecular complexity index is 896. The molecule has 0 saturated carbocycles. The lowest BCUT2D eigenvalue weighted by Gasteiger charge is -2.10. The summed E-state index contributed by atoms with van der Waals surface area (Å²) in [5, 5.41) is 14.0. The number of para-hydroxylation sites is 1. The minimum atomic E-state index is -1.27. The molecule has 0 radical (unpaired) electrons. The summed E-state index contributed by atoms with van der Waals surface area (Å²) < 4.78 is 5.84. The topological polar surface area (TPSA) is 70.9 Å². The summed E-state index contributed by atoms with van der Waals surface area (Å²) in [7, 11) is 0. The maximum absolute atomic E-state index is 12.0. The van der Waals surface area contributed by atoms with Crippen molar-refractivity contribution >= 4 is 12.1 Å². The molecule has 0 unspecified atom stereocenters. The maximum Gasteiger partial charge on any atom is 0.273 e. The van der Waals surface area contributed by atoms with E-state index in [4.69, 9.17) is 4.74 Å². The second-order valence-corrected chi connectivity index (χ2v) is 5.86. The normalized spacial score (nSPS) is 11.9. The molecule has 0 aliphatic carbocycles. The molecule has 27 heavy (non-hydrogen) atoms. The van der Waals surface area contributed by atoms with Crippen molar-refractivity contribution in [2.45, 2.75) is 12.7 Å². The van der Waals surface area contributed by atoms with Crippen molar-refractivity contribution in [3.8, 4) is 5.75 Å². The van der Waals surface area contributed by atoms with E-state index < -0.39 is 12.0 Å². The Morgan fingerprint density at radius 2 is 1.59 bits per heavy atom. The Labute approximate surface area is 157 Å². The maximum atomic E-state index is 12.0. The summed E-state index contributed by atoms with van der Waals surface area (Å²) in [6.07, 6.45) is 0.226. The summed E-state index contributed by atoms with van der Waals surface area (Å²) in [6.45, 7) is 0.435. The van der Waals surface area contributed by atoms with Crippen molar-refractivity contribution in [3.05, 3.63) is 102 Å². The van der Waals surface area contributed by atoms with Crippen molar-refractivity contribution in [3.63, 3.8) is 0 Å². The zero-order valence-corrected chi connectivity index (χ0v) is 14.7. The van der Waals surface area contributed by atoms with Gasteiger partial charge in [0.15, 0.2) is 6.10 Å². The Hall–Kier alpha value is -3.44. The first-order chi connectivity index (χ1) is 13.2. The van der Waals surface area contributed by atoms with E-state index >= 15 is 0 Å². The molecular weight excluding hydrogens is 340 g/mol. The highest BCUT2D eigenvalue weighted by Crippen LogP contribution is 2.18. The highest BCUT2D eigenvalue weighted by Gasteiger charge is 2.16. The smallest absolute Gasteiger partial charge is 0.273 e. The van der Waals surface area contributed by atoms with Gasteiger partial charge in [-0.15, -0.1) is 0 Å². The van der Waals surface area contributed by atoms with Crippen molar-refractivity contribution < 1.29 is 14.6 Å². The van der Waals surface area contributed by atoms with E-state index in [2.05, 4.69) is 10.5 Å². The van der Waals surface area contributed by atoms with Crippen LogP contribution in [0.3, 0.4) is 0 Å².